The molecule has 1 aromatic carbocycles. The first-order valence-electron chi connectivity index (χ1n) is 8.79. The third-order valence-electron chi connectivity index (χ3n) is 4.51. The lowest BCUT2D eigenvalue weighted by Gasteiger charge is -2.16. The highest BCUT2D eigenvalue weighted by Gasteiger charge is 2.16. The van der Waals surface area contributed by atoms with E-state index in [0.29, 0.717) is 11.3 Å². The number of anilines is 2. The van der Waals surface area contributed by atoms with Crippen molar-refractivity contribution in [2.45, 2.75) is 44.6 Å². The number of benzene rings is 1. The fourth-order valence-corrected chi connectivity index (χ4v) is 3.13. The number of nitrogens with one attached hydrogen (secondary N) is 2. The van der Waals surface area contributed by atoms with Gasteiger partial charge in [0.15, 0.2) is 0 Å². The van der Waals surface area contributed by atoms with Crippen LogP contribution in [-0.2, 0) is 0 Å². The lowest BCUT2D eigenvalue weighted by atomic mass is 10.1. The largest absolute Gasteiger partial charge is 0.353 e. The smallest absolute Gasteiger partial charge is 0.270 e. The number of carbonyl (C=O) groups is 1. The van der Waals surface area contributed by atoms with E-state index in [-0.39, 0.29) is 11.9 Å². The molecule has 0 bridgehead atoms. The van der Waals surface area contributed by atoms with Crippen LogP contribution in [0.5, 0.6) is 0 Å². The number of aromatic nitrogens is 1. The van der Waals surface area contributed by atoms with Crippen molar-refractivity contribution in [1.29, 1.82) is 5.26 Å². The van der Waals surface area contributed by atoms with Crippen LogP contribution < -0.4 is 10.6 Å². The molecule has 128 valence electrons. The molecule has 1 aromatic heterocycles. The van der Waals surface area contributed by atoms with Crippen molar-refractivity contribution >= 4 is 17.3 Å². The van der Waals surface area contributed by atoms with Crippen LogP contribution in [-0.4, -0.2) is 16.9 Å². The molecule has 5 heteroatoms. The standard InChI is InChI=1S/C20H22N4O/c21-13-15-7-5-6-10-18(15)23-17-11-12-19(22-14-17)20(25)24-16-8-3-1-2-4-9-16/h5-7,10-12,14,16,23H,1-4,8-9H2,(H,24,25). The molecule has 1 amide bonds. The maximum Gasteiger partial charge on any atom is 0.270 e. The summed E-state index contributed by atoms with van der Waals surface area (Å²) in [6.07, 6.45) is 8.60. The number of hydrogen-bond acceptors (Lipinski definition) is 4. The minimum absolute atomic E-state index is 0.115. The zero-order valence-electron chi connectivity index (χ0n) is 14.2. The molecular formula is C20H22N4O. The van der Waals surface area contributed by atoms with Gasteiger partial charge in [0.2, 0.25) is 0 Å². The van der Waals surface area contributed by atoms with Crippen molar-refractivity contribution in [3.63, 3.8) is 0 Å². The number of nitriles is 1. The molecule has 1 aliphatic carbocycles. The maximum atomic E-state index is 12.4. The van der Waals surface area contributed by atoms with Crippen LogP contribution in [0.25, 0.3) is 0 Å². The van der Waals surface area contributed by atoms with Crippen molar-refractivity contribution in [1.82, 2.24) is 10.3 Å². The van der Waals surface area contributed by atoms with E-state index in [2.05, 4.69) is 21.7 Å². The Morgan fingerprint density at radius 1 is 1.08 bits per heavy atom. The molecule has 0 unspecified atom stereocenters. The first-order chi connectivity index (χ1) is 12.3. The van der Waals surface area contributed by atoms with Crippen LogP contribution in [0.15, 0.2) is 42.6 Å². The van der Waals surface area contributed by atoms with Gasteiger partial charge >= 0.3 is 0 Å². The summed E-state index contributed by atoms with van der Waals surface area (Å²) in [5.41, 5.74) is 2.46. The Balaban J connectivity index is 1.63. The van der Waals surface area contributed by atoms with Gasteiger partial charge in [0.25, 0.3) is 5.91 Å². The van der Waals surface area contributed by atoms with Gasteiger partial charge in [-0.05, 0) is 37.1 Å². The van der Waals surface area contributed by atoms with E-state index in [4.69, 9.17) is 5.26 Å². The van der Waals surface area contributed by atoms with Crippen molar-refractivity contribution in [2.24, 2.45) is 0 Å². The Hall–Kier alpha value is -2.87. The molecule has 2 aromatic rings. The molecule has 0 atom stereocenters. The molecule has 2 N–H and O–H groups in total. The zero-order chi connectivity index (χ0) is 17.5. The summed E-state index contributed by atoms with van der Waals surface area (Å²) in [5.74, 6) is -0.115. The highest BCUT2D eigenvalue weighted by atomic mass is 16.1. The SMILES string of the molecule is N#Cc1ccccc1Nc1ccc(C(=O)NC2CCCCCC2)nc1. The van der Waals surface area contributed by atoms with Gasteiger partial charge in [0.05, 0.1) is 23.1 Å². The molecule has 0 saturated heterocycles. The molecule has 0 spiro atoms. The summed E-state index contributed by atoms with van der Waals surface area (Å²) in [6.45, 7) is 0. The highest BCUT2D eigenvalue weighted by molar-refractivity contribution is 5.92. The summed E-state index contributed by atoms with van der Waals surface area (Å²) in [6, 6.07) is 13.2. The third-order valence-corrected chi connectivity index (χ3v) is 4.51. The molecule has 1 fully saturated rings. The second kappa shape index (κ2) is 8.29. The van der Waals surface area contributed by atoms with Gasteiger partial charge in [0.1, 0.15) is 11.8 Å². The van der Waals surface area contributed by atoms with Gasteiger partial charge in [-0.3, -0.25) is 4.79 Å². The van der Waals surface area contributed by atoms with E-state index in [9.17, 15) is 4.79 Å². The molecule has 25 heavy (non-hydrogen) atoms. The Kier molecular flexibility index (Phi) is 5.63. The number of nitrogens with zero attached hydrogens (tertiary/aromatic N) is 2. The predicted octanol–water partition coefficient (Wildman–Crippen LogP) is 4.15. The number of hydrogen-bond donors (Lipinski definition) is 2. The Morgan fingerprint density at radius 2 is 1.84 bits per heavy atom. The van der Waals surface area contributed by atoms with E-state index < -0.39 is 0 Å². The second-order valence-electron chi connectivity index (χ2n) is 6.38. The average Bonchev–Trinajstić information content (AvgIpc) is 2.91. The monoisotopic (exact) mass is 334 g/mol. The Bertz CT molecular complexity index is 756. The molecule has 1 aliphatic rings. The van der Waals surface area contributed by atoms with Gasteiger partial charge in [-0.2, -0.15) is 5.26 Å². The molecular weight excluding hydrogens is 312 g/mol. The summed E-state index contributed by atoms with van der Waals surface area (Å²) < 4.78 is 0. The van der Waals surface area contributed by atoms with Crippen molar-refractivity contribution in [3.05, 3.63) is 53.9 Å². The molecule has 5 nitrogen and oxygen atoms in total. The van der Waals surface area contributed by atoms with E-state index in [1.165, 1.54) is 25.7 Å². The fraction of sp³-hybridized carbons (Fsp3) is 0.350. The molecule has 1 saturated carbocycles. The number of para-hydroxylation sites is 1. The van der Waals surface area contributed by atoms with Gasteiger partial charge in [-0.1, -0.05) is 37.8 Å². The number of rotatable bonds is 4. The maximum absolute atomic E-state index is 12.4. The zero-order valence-corrected chi connectivity index (χ0v) is 14.2. The third kappa shape index (κ3) is 4.57. The van der Waals surface area contributed by atoms with Crippen LogP contribution in [0, 0.1) is 11.3 Å². The summed E-state index contributed by atoms with van der Waals surface area (Å²) >= 11 is 0. The van der Waals surface area contributed by atoms with E-state index in [1.807, 2.05) is 24.3 Å². The lowest BCUT2D eigenvalue weighted by molar-refractivity contribution is 0.0928. The van der Waals surface area contributed by atoms with Gasteiger partial charge in [-0.15, -0.1) is 0 Å². The summed E-state index contributed by atoms with van der Waals surface area (Å²) in [7, 11) is 0. The average molecular weight is 334 g/mol. The number of amides is 1. The van der Waals surface area contributed by atoms with Crippen LogP contribution in [0.4, 0.5) is 11.4 Å². The van der Waals surface area contributed by atoms with Crippen LogP contribution in [0.1, 0.15) is 54.6 Å². The predicted molar refractivity (Wildman–Crippen MR) is 97.6 cm³/mol. The van der Waals surface area contributed by atoms with E-state index in [1.54, 1.807) is 18.3 Å². The molecule has 1 heterocycles. The lowest BCUT2D eigenvalue weighted by Crippen LogP contribution is -2.34. The molecule has 3 rings (SSSR count). The quantitative estimate of drug-likeness (QED) is 0.823. The Labute approximate surface area is 148 Å². The van der Waals surface area contributed by atoms with E-state index in [0.717, 1.165) is 24.2 Å². The number of carbonyl (C=O) groups excluding carboxylic acids is 1. The van der Waals surface area contributed by atoms with E-state index >= 15 is 0 Å². The highest BCUT2D eigenvalue weighted by Crippen LogP contribution is 2.20. The van der Waals surface area contributed by atoms with Crippen LogP contribution >= 0.6 is 0 Å². The molecule has 0 aliphatic heterocycles. The number of pyridine rings is 1. The summed E-state index contributed by atoms with van der Waals surface area (Å²) in [4.78, 5) is 16.6. The van der Waals surface area contributed by atoms with Gasteiger partial charge in [0, 0.05) is 6.04 Å². The fourth-order valence-electron chi connectivity index (χ4n) is 3.13. The topological polar surface area (TPSA) is 77.8 Å². The normalized spacial score (nSPS) is 15.0. The minimum atomic E-state index is -0.115. The van der Waals surface area contributed by atoms with Crippen LogP contribution in [0.2, 0.25) is 0 Å². The van der Waals surface area contributed by atoms with Gasteiger partial charge in [-0.25, -0.2) is 4.98 Å². The second-order valence-corrected chi connectivity index (χ2v) is 6.38. The molecule has 0 radical (unpaired) electrons. The van der Waals surface area contributed by atoms with Gasteiger partial charge < -0.3 is 10.6 Å². The Morgan fingerprint density at radius 3 is 2.52 bits per heavy atom. The van der Waals surface area contributed by atoms with Crippen molar-refractivity contribution in [2.75, 3.05) is 5.32 Å². The van der Waals surface area contributed by atoms with Crippen molar-refractivity contribution in [3.8, 4) is 6.07 Å². The minimum Gasteiger partial charge on any atom is -0.353 e. The van der Waals surface area contributed by atoms with Crippen LogP contribution in [0.3, 0.4) is 0 Å². The van der Waals surface area contributed by atoms with Crippen molar-refractivity contribution < 1.29 is 4.79 Å². The summed E-state index contributed by atoms with van der Waals surface area (Å²) in [5, 5.41) is 15.4. The first kappa shape index (κ1) is 17.0. The first-order valence-corrected chi connectivity index (χ1v) is 8.79.